The number of rotatable bonds is 5. The zero-order chi connectivity index (χ0) is 13.4. The molecule has 5 nitrogen and oxygen atoms in total. The molecule has 1 saturated carbocycles. The number of thiazole rings is 1. The minimum Gasteiger partial charge on any atom is -0.309 e. The Bertz CT molecular complexity index is 620. The van der Waals surface area contributed by atoms with Gasteiger partial charge in [0.05, 0.1) is 15.6 Å². The Kier molecular flexibility index (Phi) is 3.51. The van der Waals surface area contributed by atoms with Crippen LogP contribution in [0, 0.1) is 4.77 Å². The molecule has 2 aromatic rings. The van der Waals surface area contributed by atoms with Crippen LogP contribution < -0.4 is 0 Å². The first-order chi connectivity index (χ1) is 9.13. The predicted octanol–water partition coefficient (Wildman–Crippen LogP) is 2.57. The number of H-pyrrole nitrogens is 2. The van der Waals surface area contributed by atoms with Crippen molar-refractivity contribution < 1.29 is 0 Å². The van der Waals surface area contributed by atoms with E-state index in [9.17, 15) is 0 Å². The van der Waals surface area contributed by atoms with Gasteiger partial charge in [-0.2, -0.15) is 4.98 Å². The van der Waals surface area contributed by atoms with E-state index >= 15 is 0 Å². The normalized spacial score (nSPS) is 15.3. The van der Waals surface area contributed by atoms with Crippen LogP contribution in [-0.2, 0) is 6.42 Å². The van der Waals surface area contributed by atoms with Crippen molar-refractivity contribution in [3.8, 4) is 10.7 Å². The number of hydrogen-bond acceptors (Lipinski definition) is 5. The molecule has 1 fully saturated rings. The maximum atomic E-state index is 5.03. The Morgan fingerprint density at radius 2 is 2.11 bits per heavy atom. The van der Waals surface area contributed by atoms with E-state index in [1.807, 2.05) is 0 Å². The van der Waals surface area contributed by atoms with Crippen molar-refractivity contribution in [2.75, 3.05) is 20.6 Å². The van der Waals surface area contributed by atoms with Crippen molar-refractivity contribution in [2.24, 2.45) is 0 Å². The first-order valence-corrected chi connectivity index (χ1v) is 7.65. The summed E-state index contributed by atoms with van der Waals surface area (Å²) in [6.07, 6.45) is 3.48. The fourth-order valence-corrected chi connectivity index (χ4v) is 3.21. The van der Waals surface area contributed by atoms with E-state index in [0.29, 0.717) is 10.7 Å². The summed E-state index contributed by atoms with van der Waals surface area (Å²) in [5.74, 6) is 1.46. The van der Waals surface area contributed by atoms with Gasteiger partial charge >= 0.3 is 0 Å². The second-order valence-electron chi connectivity index (χ2n) is 5.17. The third-order valence-electron chi connectivity index (χ3n) is 3.15. The molecule has 19 heavy (non-hydrogen) atoms. The van der Waals surface area contributed by atoms with E-state index < -0.39 is 0 Å². The Morgan fingerprint density at radius 1 is 1.32 bits per heavy atom. The molecule has 102 valence electrons. The summed E-state index contributed by atoms with van der Waals surface area (Å²) in [7, 11) is 4.17. The average Bonchev–Trinajstić information content (AvgIpc) is 2.98. The van der Waals surface area contributed by atoms with Crippen LogP contribution in [-0.4, -0.2) is 45.7 Å². The number of nitrogens with zero attached hydrogens (tertiary/aromatic N) is 3. The Morgan fingerprint density at radius 3 is 2.68 bits per heavy atom. The van der Waals surface area contributed by atoms with E-state index in [1.54, 1.807) is 11.3 Å². The maximum absolute atomic E-state index is 5.03. The van der Waals surface area contributed by atoms with Gasteiger partial charge in [0, 0.05) is 18.9 Å². The Balaban J connectivity index is 1.91. The molecule has 0 unspecified atom stereocenters. The highest BCUT2D eigenvalue weighted by molar-refractivity contribution is 7.71. The zero-order valence-corrected chi connectivity index (χ0v) is 12.7. The lowest BCUT2D eigenvalue weighted by atomic mass is 10.2. The molecule has 2 aromatic heterocycles. The molecule has 2 N–H and O–H groups in total. The number of hydrogen-bond donors (Lipinski definition) is 2. The monoisotopic (exact) mass is 295 g/mol. The van der Waals surface area contributed by atoms with Crippen LogP contribution in [0.3, 0.4) is 0 Å². The summed E-state index contributed by atoms with van der Waals surface area (Å²) >= 11 is 6.77. The van der Waals surface area contributed by atoms with Gasteiger partial charge in [0.25, 0.3) is 0 Å². The van der Waals surface area contributed by atoms with E-state index in [0.717, 1.165) is 23.7 Å². The van der Waals surface area contributed by atoms with Crippen molar-refractivity contribution in [3.63, 3.8) is 0 Å². The molecule has 3 rings (SSSR count). The molecule has 1 aliphatic rings. The molecule has 0 aromatic carbocycles. The van der Waals surface area contributed by atoms with Gasteiger partial charge in [-0.05, 0) is 39.2 Å². The van der Waals surface area contributed by atoms with Gasteiger partial charge in [-0.1, -0.05) is 0 Å². The van der Waals surface area contributed by atoms with Gasteiger partial charge in [-0.3, -0.25) is 10.2 Å². The second-order valence-corrected chi connectivity index (χ2v) is 6.64. The first-order valence-electron chi connectivity index (χ1n) is 6.43. The molecule has 0 saturated heterocycles. The maximum Gasteiger partial charge on any atom is 0.213 e. The van der Waals surface area contributed by atoms with Crippen molar-refractivity contribution in [3.05, 3.63) is 15.5 Å². The number of nitrogens with one attached hydrogen (secondary N) is 2. The standard InChI is InChI=1S/C12H17N5S2/c1-17(2)6-5-8-13-9(7-3-4-7)10(19-8)11-14-12(18)16-15-11/h7H,3-6H2,1-2H3,(H2,14,15,16,18). The second kappa shape index (κ2) is 5.15. The molecule has 0 radical (unpaired) electrons. The van der Waals surface area contributed by atoms with Crippen LogP contribution in [0.4, 0.5) is 0 Å². The number of likely N-dealkylation sites (N-methyl/N-ethyl adjacent to an activating group) is 1. The third-order valence-corrected chi connectivity index (χ3v) is 4.48. The highest BCUT2D eigenvalue weighted by Crippen LogP contribution is 2.45. The SMILES string of the molecule is CN(C)CCc1nc(C2CC2)c(-c2nc(=S)[nH][nH]2)s1. The van der Waals surface area contributed by atoms with Crippen molar-refractivity contribution in [1.29, 1.82) is 0 Å². The fourth-order valence-electron chi connectivity index (χ4n) is 1.98. The molecule has 0 bridgehead atoms. The van der Waals surface area contributed by atoms with E-state index in [2.05, 4.69) is 34.2 Å². The molecule has 0 spiro atoms. The predicted molar refractivity (Wildman–Crippen MR) is 79.1 cm³/mol. The van der Waals surface area contributed by atoms with E-state index in [4.69, 9.17) is 17.2 Å². The lowest BCUT2D eigenvalue weighted by molar-refractivity contribution is 0.413. The van der Waals surface area contributed by atoms with Gasteiger partial charge < -0.3 is 4.90 Å². The summed E-state index contributed by atoms with van der Waals surface area (Å²) in [5.41, 5.74) is 1.21. The average molecular weight is 295 g/mol. The topological polar surface area (TPSA) is 60.6 Å². The smallest absolute Gasteiger partial charge is 0.213 e. The van der Waals surface area contributed by atoms with Crippen molar-refractivity contribution >= 4 is 23.6 Å². The van der Waals surface area contributed by atoms with Gasteiger partial charge in [0.2, 0.25) is 4.77 Å². The van der Waals surface area contributed by atoms with E-state index in [-0.39, 0.29) is 0 Å². The Hall–Kier alpha value is -1.05. The van der Waals surface area contributed by atoms with Crippen LogP contribution in [0.1, 0.15) is 29.5 Å². The van der Waals surface area contributed by atoms with Crippen LogP contribution in [0.25, 0.3) is 10.7 Å². The highest BCUT2D eigenvalue weighted by Gasteiger charge is 2.31. The summed E-state index contributed by atoms with van der Waals surface area (Å²) < 4.78 is 0.500. The minimum atomic E-state index is 0.500. The summed E-state index contributed by atoms with van der Waals surface area (Å²) in [6.45, 7) is 1.02. The van der Waals surface area contributed by atoms with Crippen LogP contribution in [0.2, 0.25) is 0 Å². The van der Waals surface area contributed by atoms with Gasteiger partial charge in [0.15, 0.2) is 5.82 Å². The summed E-state index contributed by atoms with van der Waals surface area (Å²) in [5, 5.41) is 7.09. The molecular formula is C12H17N5S2. The van der Waals surface area contributed by atoms with Gasteiger partial charge in [0.1, 0.15) is 0 Å². The first kappa shape index (κ1) is 13.0. The largest absolute Gasteiger partial charge is 0.309 e. The van der Waals surface area contributed by atoms with E-state index in [1.165, 1.54) is 23.5 Å². The highest BCUT2D eigenvalue weighted by atomic mass is 32.1. The minimum absolute atomic E-state index is 0.500. The molecule has 7 heteroatoms. The zero-order valence-electron chi connectivity index (χ0n) is 11.1. The van der Waals surface area contributed by atoms with Gasteiger partial charge in [-0.25, -0.2) is 4.98 Å². The molecular weight excluding hydrogens is 278 g/mol. The molecule has 2 heterocycles. The Labute approximate surface area is 121 Å². The van der Waals surface area contributed by atoms with Crippen molar-refractivity contribution in [2.45, 2.75) is 25.2 Å². The van der Waals surface area contributed by atoms with Gasteiger partial charge in [-0.15, -0.1) is 11.3 Å². The fraction of sp³-hybridized carbons (Fsp3) is 0.583. The molecule has 0 atom stereocenters. The number of aromatic amines is 2. The van der Waals surface area contributed by atoms with Crippen LogP contribution >= 0.6 is 23.6 Å². The molecule has 0 amide bonds. The summed E-state index contributed by atoms with van der Waals surface area (Å²) in [4.78, 5) is 12.5. The lowest BCUT2D eigenvalue weighted by Crippen LogP contribution is -2.14. The van der Waals surface area contributed by atoms with Crippen LogP contribution in [0.5, 0.6) is 0 Å². The van der Waals surface area contributed by atoms with Crippen LogP contribution in [0.15, 0.2) is 0 Å². The van der Waals surface area contributed by atoms with Crippen molar-refractivity contribution in [1.82, 2.24) is 25.1 Å². The third kappa shape index (κ3) is 2.93. The molecule has 0 aliphatic heterocycles. The number of aromatic nitrogens is 4. The summed E-state index contributed by atoms with van der Waals surface area (Å²) in [6, 6.07) is 0. The molecule has 1 aliphatic carbocycles. The quantitative estimate of drug-likeness (QED) is 0.832. The lowest BCUT2D eigenvalue weighted by Gasteiger charge is -2.06.